The van der Waals surface area contributed by atoms with Crippen molar-refractivity contribution in [1.29, 1.82) is 0 Å². The lowest BCUT2D eigenvalue weighted by molar-refractivity contribution is -0.121. The number of imide groups is 1. The number of carbonyl (C=O) groups excluding carboxylic acids is 2. The average Bonchev–Trinajstić information content (AvgIpc) is 2.70. The topological polar surface area (TPSA) is 66.8 Å². The first kappa shape index (κ1) is 15.2. The summed E-state index contributed by atoms with van der Waals surface area (Å²) >= 11 is 0.889. The Balaban J connectivity index is 2.45. The molecule has 110 valence electrons. The second-order valence-corrected chi connectivity index (χ2v) is 5.46. The van der Waals surface area contributed by atoms with Crippen LogP contribution in [0.4, 0.5) is 4.79 Å². The van der Waals surface area contributed by atoms with E-state index in [1.807, 2.05) is 0 Å². The maximum atomic E-state index is 11.9. The van der Waals surface area contributed by atoms with Crippen LogP contribution in [-0.4, -0.2) is 35.3 Å². The van der Waals surface area contributed by atoms with Gasteiger partial charge < -0.3 is 9.84 Å². The van der Waals surface area contributed by atoms with E-state index >= 15 is 0 Å². The van der Waals surface area contributed by atoms with Gasteiger partial charge in [0.2, 0.25) is 0 Å². The number of benzene rings is 1. The van der Waals surface area contributed by atoms with Crippen LogP contribution in [0.5, 0.6) is 11.5 Å². The molecule has 1 aliphatic rings. The van der Waals surface area contributed by atoms with Gasteiger partial charge in [0.25, 0.3) is 11.1 Å². The minimum Gasteiger partial charge on any atom is -0.504 e. The molecule has 1 fully saturated rings. The summed E-state index contributed by atoms with van der Waals surface area (Å²) in [6, 6.07) is 3.36. The number of hydrogen-bond acceptors (Lipinski definition) is 5. The Morgan fingerprint density at radius 2 is 2.14 bits per heavy atom. The Kier molecular flexibility index (Phi) is 4.37. The number of rotatable bonds is 4. The van der Waals surface area contributed by atoms with Crippen LogP contribution < -0.4 is 4.74 Å². The third-order valence-electron chi connectivity index (χ3n) is 3.04. The van der Waals surface area contributed by atoms with E-state index in [-0.39, 0.29) is 16.9 Å². The molecule has 1 aliphatic heterocycles. The number of phenolic OH excluding ortho intramolecular Hbond substituents is 1. The highest BCUT2D eigenvalue weighted by atomic mass is 32.2. The summed E-state index contributed by atoms with van der Waals surface area (Å²) in [6.45, 7) is 3.64. The lowest BCUT2D eigenvalue weighted by Gasteiger charge is -2.09. The molecule has 2 rings (SSSR count). The summed E-state index contributed by atoms with van der Waals surface area (Å²) in [5, 5.41) is 9.71. The molecule has 0 aliphatic carbocycles. The zero-order valence-corrected chi connectivity index (χ0v) is 12.6. The van der Waals surface area contributed by atoms with Crippen LogP contribution in [0.25, 0.3) is 6.08 Å². The van der Waals surface area contributed by atoms with Gasteiger partial charge in [0.05, 0.1) is 12.0 Å². The van der Waals surface area contributed by atoms with Gasteiger partial charge in [0.1, 0.15) is 0 Å². The number of phenols is 1. The molecule has 1 heterocycles. The lowest BCUT2D eigenvalue weighted by Crippen LogP contribution is -2.22. The van der Waals surface area contributed by atoms with Gasteiger partial charge in [-0.3, -0.25) is 14.5 Å². The van der Waals surface area contributed by atoms with Gasteiger partial charge in [-0.05, 0) is 42.0 Å². The predicted octanol–water partition coefficient (Wildman–Crippen LogP) is 2.80. The van der Waals surface area contributed by atoms with Crippen molar-refractivity contribution in [3.8, 4) is 11.5 Å². The van der Waals surface area contributed by atoms with E-state index < -0.39 is 0 Å². The van der Waals surface area contributed by atoms with Crippen LogP contribution in [-0.2, 0) is 11.2 Å². The molecule has 5 nitrogen and oxygen atoms in total. The molecule has 0 aromatic heterocycles. The van der Waals surface area contributed by atoms with E-state index in [2.05, 4.69) is 6.58 Å². The van der Waals surface area contributed by atoms with E-state index in [0.717, 1.165) is 16.7 Å². The van der Waals surface area contributed by atoms with Crippen molar-refractivity contribution < 1.29 is 19.4 Å². The first-order chi connectivity index (χ1) is 9.97. The van der Waals surface area contributed by atoms with Gasteiger partial charge in [-0.15, -0.1) is 6.58 Å². The van der Waals surface area contributed by atoms with E-state index in [0.29, 0.717) is 28.2 Å². The van der Waals surface area contributed by atoms with Crippen molar-refractivity contribution in [3.63, 3.8) is 0 Å². The number of thioether (sulfide) groups is 1. The maximum Gasteiger partial charge on any atom is 0.293 e. The van der Waals surface area contributed by atoms with E-state index in [4.69, 9.17) is 4.74 Å². The Morgan fingerprint density at radius 1 is 1.43 bits per heavy atom. The number of methoxy groups -OCH3 is 1. The fourth-order valence-corrected chi connectivity index (χ4v) is 2.76. The molecule has 0 radical (unpaired) electrons. The van der Waals surface area contributed by atoms with Crippen LogP contribution in [0.2, 0.25) is 0 Å². The molecular weight excluding hydrogens is 290 g/mol. The van der Waals surface area contributed by atoms with Crippen LogP contribution in [0, 0.1) is 0 Å². The van der Waals surface area contributed by atoms with E-state index in [9.17, 15) is 14.7 Å². The van der Waals surface area contributed by atoms with E-state index in [1.54, 1.807) is 24.3 Å². The highest BCUT2D eigenvalue weighted by Gasteiger charge is 2.31. The quantitative estimate of drug-likeness (QED) is 0.684. The molecule has 0 spiro atoms. The van der Waals surface area contributed by atoms with Crippen molar-refractivity contribution in [2.45, 2.75) is 6.42 Å². The zero-order valence-electron chi connectivity index (χ0n) is 11.8. The van der Waals surface area contributed by atoms with Crippen molar-refractivity contribution >= 4 is 29.0 Å². The second kappa shape index (κ2) is 6.05. The summed E-state index contributed by atoms with van der Waals surface area (Å²) in [6.07, 6.45) is 3.75. The molecule has 0 saturated carbocycles. The van der Waals surface area contributed by atoms with E-state index in [1.165, 1.54) is 14.2 Å². The Labute approximate surface area is 126 Å². The zero-order chi connectivity index (χ0) is 15.6. The van der Waals surface area contributed by atoms with Gasteiger partial charge in [0, 0.05) is 12.6 Å². The normalized spacial score (nSPS) is 16.7. The number of nitrogens with zero attached hydrogens (tertiary/aromatic N) is 1. The van der Waals surface area contributed by atoms with Gasteiger partial charge in [-0.1, -0.05) is 6.08 Å². The highest BCUT2D eigenvalue weighted by molar-refractivity contribution is 8.18. The predicted molar refractivity (Wildman–Crippen MR) is 82.3 cm³/mol. The van der Waals surface area contributed by atoms with Gasteiger partial charge >= 0.3 is 0 Å². The Morgan fingerprint density at radius 3 is 2.67 bits per heavy atom. The third kappa shape index (κ3) is 2.95. The molecule has 0 bridgehead atoms. The van der Waals surface area contributed by atoms with Crippen LogP contribution >= 0.6 is 11.8 Å². The number of ether oxygens (including phenoxy) is 1. The largest absolute Gasteiger partial charge is 0.504 e. The number of likely N-dealkylation sites (N-methyl/N-ethyl adjacent to an activating group) is 1. The number of amides is 2. The SMILES string of the molecule is C=CCc1cc(/C=C2\SC(=O)N(C)C2=O)cc(OC)c1O. The maximum absolute atomic E-state index is 11.9. The highest BCUT2D eigenvalue weighted by Crippen LogP contribution is 2.35. The van der Waals surface area contributed by atoms with Crippen LogP contribution in [0.3, 0.4) is 0 Å². The number of allylic oxidation sites excluding steroid dienone is 1. The molecule has 1 N–H and O–H groups in total. The molecule has 1 aromatic rings. The fraction of sp³-hybridized carbons (Fsp3) is 0.200. The van der Waals surface area contributed by atoms with Gasteiger partial charge in [-0.25, -0.2) is 0 Å². The number of hydrogen-bond donors (Lipinski definition) is 1. The fourth-order valence-electron chi connectivity index (χ4n) is 1.94. The Hall–Kier alpha value is -2.21. The summed E-state index contributed by atoms with van der Waals surface area (Å²) in [7, 11) is 2.90. The molecule has 2 amide bonds. The van der Waals surface area contributed by atoms with Crippen molar-refractivity contribution in [2.24, 2.45) is 0 Å². The molecule has 1 aromatic carbocycles. The molecular formula is C15H15NO4S. The first-order valence-electron chi connectivity index (χ1n) is 6.20. The molecule has 6 heteroatoms. The number of aromatic hydroxyl groups is 1. The summed E-state index contributed by atoms with van der Waals surface area (Å²) in [4.78, 5) is 24.8. The minimum absolute atomic E-state index is 0.0538. The smallest absolute Gasteiger partial charge is 0.293 e. The molecule has 21 heavy (non-hydrogen) atoms. The van der Waals surface area contributed by atoms with Crippen molar-refractivity contribution in [1.82, 2.24) is 4.90 Å². The summed E-state index contributed by atoms with van der Waals surface area (Å²) < 4.78 is 5.12. The van der Waals surface area contributed by atoms with Crippen LogP contribution in [0.15, 0.2) is 29.7 Å². The summed E-state index contributed by atoms with van der Waals surface area (Å²) in [5.41, 5.74) is 1.33. The average molecular weight is 305 g/mol. The lowest BCUT2D eigenvalue weighted by atomic mass is 10.1. The molecule has 0 unspecified atom stereocenters. The monoisotopic (exact) mass is 305 g/mol. The summed E-state index contributed by atoms with van der Waals surface area (Å²) in [5.74, 6) is 0.0387. The first-order valence-corrected chi connectivity index (χ1v) is 7.02. The van der Waals surface area contributed by atoms with Crippen LogP contribution in [0.1, 0.15) is 11.1 Å². The Bertz CT molecular complexity index is 651. The molecule has 1 saturated heterocycles. The molecule has 0 atom stereocenters. The van der Waals surface area contributed by atoms with Crippen molar-refractivity contribution in [2.75, 3.05) is 14.2 Å². The second-order valence-electron chi connectivity index (χ2n) is 4.46. The standard InChI is InChI=1S/C15H15NO4S/c1-4-5-10-6-9(7-11(20-3)13(10)17)8-12-14(18)16(2)15(19)21-12/h4,6-8,17H,1,5H2,2-3H3/b12-8-. The number of carbonyl (C=O) groups is 2. The van der Waals surface area contributed by atoms with Gasteiger partial charge in [0.15, 0.2) is 11.5 Å². The minimum atomic E-state index is -0.331. The van der Waals surface area contributed by atoms with Gasteiger partial charge in [-0.2, -0.15) is 0 Å². The van der Waals surface area contributed by atoms with Crippen molar-refractivity contribution in [3.05, 3.63) is 40.8 Å². The third-order valence-corrected chi connectivity index (χ3v) is 4.01.